The van der Waals surface area contributed by atoms with Gasteiger partial charge in [0.25, 0.3) is 0 Å². The van der Waals surface area contributed by atoms with Gasteiger partial charge in [0, 0.05) is 30.6 Å². The van der Waals surface area contributed by atoms with Gasteiger partial charge in [-0.2, -0.15) is 0 Å². The number of carbonyl (C=O) groups is 1. The van der Waals surface area contributed by atoms with E-state index in [1.807, 2.05) is 32.9 Å². The number of nitrogens with zero attached hydrogens (tertiary/aromatic N) is 2. The third kappa shape index (κ3) is 4.20. The first kappa shape index (κ1) is 17.1. The van der Waals surface area contributed by atoms with Crippen LogP contribution in [0.2, 0.25) is 5.02 Å². The van der Waals surface area contributed by atoms with Crippen molar-refractivity contribution in [2.24, 2.45) is 5.92 Å². The first-order valence-corrected chi connectivity index (χ1v) is 8.71. The number of rotatable bonds is 3. The molecule has 0 aliphatic carbocycles. The molecule has 1 aliphatic heterocycles. The maximum absolute atomic E-state index is 12.1. The zero-order valence-corrected chi connectivity index (χ0v) is 15.1. The molecule has 1 aliphatic rings. The van der Waals surface area contributed by atoms with Crippen LogP contribution in [0.1, 0.15) is 39.5 Å². The van der Waals surface area contributed by atoms with Gasteiger partial charge in [-0.3, -0.25) is 0 Å². The minimum absolute atomic E-state index is 0.221. The van der Waals surface area contributed by atoms with E-state index in [1.54, 1.807) is 11.0 Å². The Morgan fingerprint density at radius 2 is 2.25 bits per heavy atom. The van der Waals surface area contributed by atoms with Crippen LogP contribution in [0.4, 0.5) is 4.79 Å². The highest BCUT2D eigenvalue weighted by atomic mass is 35.5. The van der Waals surface area contributed by atoms with E-state index in [-0.39, 0.29) is 6.09 Å². The lowest BCUT2D eigenvalue weighted by atomic mass is 10.0. The number of ether oxygens (including phenoxy) is 1. The number of hydrogen-bond acceptors (Lipinski definition) is 4. The molecule has 1 saturated heterocycles. The molecule has 0 bridgehead atoms. The highest BCUT2D eigenvalue weighted by Crippen LogP contribution is 2.25. The van der Waals surface area contributed by atoms with Crippen LogP contribution in [0.5, 0.6) is 0 Å². The molecule has 1 unspecified atom stereocenters. The van der Waals surface area contributed by atoms with Crippen molar-refractivity contribution in [2.75, 3.05) is 13.1 Å². The molecule has 0 N–H and O–H groups in total. The van der Waals surface area contributed by atoms with Crippen LogP contribution >= 0.6 is 11.6 Å². The molecule has 1 fully saturated rings. The van der Waals surface area contributed by atoms with Gasteiger partial charge in [-0.25, -0.2) is 9.78 Å². The molecular formula is C18H23ClN2O3. The molecule has 0 radical (unpaired) electrons. The number of likely N-dealkylation sites (tertiary alicyclic amines) is 1. The Balaban J connectivity index is 1.53. The van der Waals surface area contributed by atoms with Gasteiger partial charge >= 0.3 is 6.09 Å². The van der Waals surface area contributed by atoms with Crippen LogP contribution in [0, 0.1) is 5.92 Å². The van der Waals surface area contributed by atoms with Crippen molar-refractivity contribution >= 4 is 28.8 Å². The molecule has 3 rings (SSSR count). The summed E-state index contributed by atoms with van der Waals surface area (Å²) in [7, 11) is 0. The largest absolute Gasteiger partial charge is 0.444 e. The van der Waals surface area contributed by atoms with Crippen LogP contribution in [-0.2, 0) is 11.2 Å². The molecule has 24 heavy (non-hydrogen) atoms. The lowest BCUT2D eigenvalue weighted by Gasteiger charge is -2.24. The van der Waals surface area contributed by atoms with Crippen molar-refractivity contribution in [3.63, 3.8) is 0 Å². The fraction of sp³-hybridized carbons (Fsp3) is 0.556. The summed E-state index contributed by atoms with van der Waals surface area (Å²) in [6, 6.07) is 5.46. The minimum atomic E-state index is -0.450. The average molecular weight is 351 g/mol. The molecule has 1 aromatic carbocycles. The molecule has 0 saturated carbocycles. The third-order valence-electron chi connectivity index (χ3n) is 4.10. The first-order chi connectivity index (χ1) is 11.3. The highest BCUT2D eigenvalue weighted by molar-refractivity contribution is 6.31. The van der Waals surface area contributed by atoms with Crippen molar-refractivity contribution in [1.82, 2.24) is 9.88 Å². The molecule has 1 amide bonds. The predicted octanol–water partition coefficient (Wildman–Crippen LogP) is 4.67. The van der Waals surface area contributed by atoms with E-state index in [0.717, 1.165) is 49.3 Å². The van der Waals surface area contributed by atoms with Gasteiger partial charge in [-0.15, -0.1) is 0 Å². The number of aromatic nitrogens is 1. The van der Waals surface area contributed by atoms with Crippen molar-refractivity contribution in [1.29, 1.82) is 0 Å². The van der Waals surface area contributed by atoms with Crippen LogP contribution in [0.3, 0.4) is 0 Å². The smallest absolute Gasteiger partial charge is 0.410 e. The average Bonchev–Trinajstić information content (AvgIpc) is 3.09. The monoisotopic (exact) mass is 350 g/mol. The summed E-state index contributed by atoms with van der Waals surface area (Å²) in [5.74, 6) is 1.18. The molecule has 1 atom stereocenters. The Hall–Kier alpha value is -1.75. The number of carbonyl (C=O) groups excluding carboxylic acids is 1. The number of fused-ring (bicyclic) bond motifs is 1. The predicted molar refractivity (Wildman–Crippen MR) is 93.3 cm³/mol. The van der Waals surface area contributed by atoms with Gasteiger partial charge in [0.2, 0.25) is 0 Å². The quantitative estimate of drug-likeness (QED) is 0.807. The number of aryl methyl sites for hydroxylation is 1. The summed E-state index contributed by atoms with van der Waals surface area (Å²) in [5.41, 5.74) is 1.10. The molecular weight excluding hydrogens is 328 g/mol. The van der Waals surface area contributed by atoms with Gasteiger partial charge in [-0.1, -0.05) is 11.6 Å². The van der Waals surface area contributed by atoms with Gasteiger partial charge in [0.05, 0.1) is 0 Å². The number of benzene rings is 1. The fourth-order valence-electron chi connectivity index (χ4n) is 2.94. The normalized spacial score (nSPS) is 18.3. The van der Waals surface area contributed by atoms with Crippen molar-refractivity contribution < 1.29 is 13.9 Å². The second-order valence-electron chi connectivity index (χ2n) is 7.34. The van der Waals surface area contributed by atoms with Gasteiger partial charge in [0.15, 0.2) is 11.5 Å². The summed E-state index contributed by atoms with van der Waals surface area (Å²) in [4.78, 5) is 18.4. The Labute approximate surface area is 146 Å². The summed E-state index contributed by atoms with van der Waals surface area (Å²) in [5, 5.41) is 0.647. The summed E-state index contributed by atoms with van der Waals surface area (Å²) < 4.78 is 11.2. The lowest BCUT2D eigenvalue weighted by Crippen LogP contribution is -2.35. The van der Waals surface area contributed by atoms with Crippen LogP contribution in [0.25, 0.3) is 11.1 Å². The fourth-order valence-corrected chi connectivity index (χ4v) is 3.10. The molecule has 2 heterocycles. The Morgan fingerprint density at radius 1 is 1.46 bits per heavy atom. The van der Waals surface area contributed by atoms with E-state index >= 15 is 0 Å². The molecule has 130 valence electrons. The molecule has 1 aromatic heterocycles. The SMILES string of the molecule is CC(C)(C)OC(=O)N1CCC(CCc2nc3ccc(Cl)cc3o2)C1. The van der Waals surface area contributed by atoms with Gasteiger partial charge in [0.1, 0.15) is 11.1 Å². The van der Waals surface area contributed by atoms with Crippen LogP contribution in [-0.4, -0.2) is 34.7 Å². The maximum Gasteiger partial charge on any atom is 0.410 e. The van der Waals surface area contributed by atoms with Crippen molar-refractivity contribution in [3.8, 4) is 0 Å². The Kier molecular flexibility index (Phi) is 4.72. The second kappa shape index (κ2) is 6.63. The van der Waals surface area contributed by atoms with Crippen LogP contribution in [0.15, 0.2) is 22.6 Å². The highest BCUT2D eigenvalue weighted by Gasteiger charge is 2.29. The van der Waals surface area contributed by atoms with Crippen molar-refractivity contribution in [2.45, 2.75) is 45.6 Å². The number of oxazole rings is 1. The Morgan fingerprint density at radius 3 is 3.00 bits per heavy atom. The Bertz CT molecular complexity index is 735. The summed E-state index contributed by atoms with van der Waals surface area (Å²) in [6.07, 6.45) is 2.48. The summed E-state index contributed by atoms with van der Waals surface area (Å²) >= 11 is 5.96. The first-order valence-electron chi connectivity index (χ1n) is 8.33. The van der Waals surface area contributed by atoms with E-state index in [0.29, 0.717) is 10.9 Å². The van der Waals surface area contributed by atoms with E-state index in [9.17, 15) is 4.79 Å². The van der Waals surface area contributed by atoms with E-state index in [1.165, 1.54) is 0 Å². The van der Waals surface area contributed by atoms with E-state index in [2.05, 4.69) is 4.98 Å². The second-order valence-corrected chi connectivity index (χ2v) is 7.78. The maximum atomic E-state index is 12.1. The van der Waals surface area contributed by atoms with Gasteiger partial charge < -0.3 is 14.1 Å². The number of hydrogen-bond donors (Lipinski definition) is 0. The van der Waals surface area contributed by atoms with Crippen molar-refractivity contribution in [3.05, 3.63) is 29.1 Å². The van der Waals surface area contributed by atoms with Gasteiger partial charge in [-0.05, 0) is 51.7 Å². The third-order valence-corrected chi connectivity index (χ3v) is 4.33. The standard InChI is InChI=1S/C18H23ClN2O3/c1-18(2,3)24-17(22)21-9-8-12(11-21)4-7-16-20-14-6-5-13(19)10-15(14)23-16/h5-6,10,12H,4,7-9,11H2,1-3H3. The zero-order valence-electron chi connectivity index (χ0n) is 14.3. The van der Waals surface area contributed by atoms with E-state index in [4.69, 9.17) is 20.8 Å². The number of amides is 1. The molecule has 0 spiro atoms. The minimum Gasteiger partial charge on any atom is -0.444 e. The topological polar surface area (TPSA) is 55.6 Å². The lowest BCUT2D eigenvalue weighted by molar-refractivity contribution is 0.0287. The number of halogens is 1. The zero-order chi connectivity index (χ0) is 17.3. The summed E-state index contributed by atoms with van der Waals surface area (Å²) in [6.45, 7) is 7.15. The molecule has 2 aromatic rings. The van der Waals surface area contributed by atoms with Crippen LogP contribution < -0.4 is 0 Å². The molecule has 5 nitrogen and oxygen atoms in total. The van der Waals surface area contributed by atoms with E-state index < -0.39 is 5.60 Å². The molecule has 6 heteroatoms.